The van der Waals surface area contributed by atoms with Crippen molar-refractivity contribution in [3.05, 3.63) is 30.5 Å². The van der Waals surface area contributed by atoms with Crippen LogP contribution >= 0.6 is 0 Å². The van der Waals surface area contributed by atoms with Crippen LogP contribution in [0, 0.1) is 0 Å². The van der Waals surface area contributed by atoms with Gasteiger partial charge in [-0.05, 0) is 57.1 Å². The Hall–Kier alpha value is -2.56. The number of nitrogens with one attached hydrogen (secondary N) is 2. The molecule has 2 aliphatic carbocycles. The largest absolute Gasteiger partial charge is 0.393 e. The van der Waals surface area contributed by atoms with Gasteiger partial charge < -0.3 is 10.4 Å². The maximum absolute atomic E-state index is 13.0. The van der Waals surface area contributed by atoms with Crippen LogP contribution in [0.5, 0.6) is 0 Å². The summed E-state index contributed by atoms with van der Waals surface area (Å²) in [7, 11) is -3.57. The van der Waals surface area contributed by atoms with Gasteiger partial charge in [-0.15, -0.1) is 0 Å². The number of unbranched alkanes of at least 4 members (excludes halogenated alkanes) is 1. The van der Waals surface area contributed by atoms with Gasteiger partial charge in [0.2, 0.25) is 16.0 Å². The molecule has 5 rings (SSSR count). The number of nitrogens with zero attached hydrogens (tertiary/aromatic N) is 4. The molecule has 37 heavy (non-hydrogen) atoms. The number of hydrogen-bond donors (Lipinski definition) is 3. The molecular weight excluding hydrogens is 488 g/mol. The summed E-state index contributed by atoms with van der Waals surface area (Å²) >= 11 is 0. The molecule has 200 valence electrons. The zero-order chi connectivity index (χ0) is 25.8. The molecule has 3 N–H and O–H groups in total. The molecule has 0 bridgehead atoms. The average Bonchev–Trinajstić information content (AvgIpc) is 3.29. The molecule has 2 aliphatic rings. The maximum atomic E-state index is 13.0. The van der Waals surface area contributed by atoms with Gasteiger partial charge in [-0.2, -0.15) is 10.1 Å². The Balaban J connectivity index is 1.45. The number of aromatic nitrogens is 4. The molecule has 0 atom stereocenters. The van der Waals surface area contributed by atoms with E-state index in [4.69, 9.17) is 10.1 Å². The molecule has 2 saturated carbocycles. The van der Waals surface area contributed by atoms with Crippen molar-refractivity contribution in [2.45, 2.75) is 101 Å². The minimum absolute atomic E-state index is 0.0179. The summed E-state index contributed by atoms with van der Waals surface area (Å²) in [6.07, 6.45) is 12.0. The summed E-state index contributed by atoms with van der Waals surface area (Å²) in [4.78, 5) is 9.62. The highest BCUT2D eigenvalue weighted by molar-refractivity contribution is 7.89. The fraction of sp³-hybridized carbons (Fsp3) is 0.593. The molecule has 0 amide bonds. The Bertz CT molecular complexity index is 1290. The lowest BCUT2D eigenvalue weighted by Gasteiger charge is -2.25. The molecule has 0 unspecified atom stereocenters. The summed E-state index contributed by atoms with van der Waals surface area (Å²) in [5.74, 6) is 0.583. The van der Waals surface area contributed by atoms with Crippen LogP contribution in [0.4, 0.5) is 5.95 Å². The van der Waals surface area contributed by atoms with Crippen LogP contribution in [-0.2, 0) is 10.0 Å². The van der Waals surface area contributed by atoms with Crippen molar-refractivity contribution < 1.29 is 13.5 Å². The van der Waals surface area contributed by atoms with Crippen molar-refractivity contribution in [1.29, 1.82) is 0 Å². The van der Waals surface area contributed by atoms with Crippen LogP contribution in [0.15, 0.2) is 35.4 Å². The van der Waals surface area contributed by atoms with Crippen molar-refractivity contribution in [2.24, 2.45) is 0 Å². The van der Waals surface area contributed by atoms with Crippen molar-refractivity contribution >= 4 is 27.0 Å². The molecule has 2 fully saturated rings. The van der Waals surface area contributed by atoms with Crippen molar-refractivity contribution in [3.8, 4) is 11.3 Å². The van der Waals surface area contributed by atoms with E-state index in [9.17, 15) is 13.5 Å². The second-order valence-corrected chi connectivity index (χ2v) is 12.2. The van der Waals surface area contributed by atoms with Crippen LogP contribution in [0.2, 0.25) is 0 Å². The van der Waals surface area contributed by atoms with E-state index >= 15 is 0 Å². The number of sulfonamides is 1. The number of fused-ring (bicyclic) bond motifs is 1. The Kier molecular flexibility index (Phi) is 8.07. The highest BCUT2D eigenvalue weighted by atomic mass is 32.2. The van der Waals surface area contributed by atoms with Crippen molar-refractivity contribution in [2.75, 3.05) is 11.9 Å². The standard InChI is InChI=1S/C27H38N6O3S/c1-2-3-17-28-27-29-18-24-25(31-33(26(24)30-27)21-11-13-22(34)14-12-21)19-9-15-23(16-10-19)37(35,36)32-20-7-5-4-6-8-20/h9-10,15-16,18,20-22,32,34H,2-8,11-14,17H2,1H3,(H,28,29,30)/t21-,22+. The van der Waals surface area contributed by atoms with Gasteiger partial charge in [-0.1, -0.05) is 44.7 Å². The van der Waals surface area contributed by atoms with Gasteiger partial charge in [-0.25, -0.2) is 22.8 Å². The Labute approximate surface area is 219 Å². The SMILES string of the molecule is CCCCNc1ncc2c(-c3ccc(S(=O)(=O)NC4CCCCC4)cc3)nn([C@H]3CC[C@@H](O)CC3)c2n1. The summed E-state index contributed by atoms with van der Waals surface area (Å²) in [6.45, 7) is 2.95. The zero-order valence-corrected chi connectivity index (χ0v) is 22.4. The lowest BCUT2D eigenvalue weighted by molar-refractivity contribution is 0.109. The van der Waals surface area contributed by atoms with Gasteiger partial charge in [0, 0.05) is 24.3 Å². The van der Waals surface area contributed by atoms with E-state index in [0.717, 1.165) is 93.0 Å². The minimum atomic E-state index is -3.57. The molecule has 2 aromatic heterocycles. The van der Waals surface area contributed by atoms with E-state index in [1.807, 2.05) is 23.0 Å². The molecule has 0 spiro atoms. The smallest absolute Gasteiger partial charge is 0.240 e. The quantitative estimate of drug-likeness (QED) is 0.343. The number of rotatable bonds is 9. The van der Waals surface area contributed by atoms with Crippen LogP contribution in [-0.4, -0.2) is 52.0 Å². The van der Waals surface area contributed by atoms with Crippen molar-refractivity contribution in [1.82, 2.24) is 24.5 Å². The third-order valence-electron chi connectivity index (χ3n) is 7.64. The predicted octanol–water partition coefficient (Wildman–Crippen LogP) is 4.79. The number of aliphatic hydroxyl groups excluding tert-OH is 1. The highest BCUT2D eigenvalue weighted by Crippen LogP contribution is 2.35. The van der Waals surface area contributed by atoms with E-state index in [0.29, 0.717) is 5.95 Å². The van der Waals surface area contributed by atoms with E-state index in [-0.39, 0.29) is 23.1 Å². The zero-order valence-electron chi connectivity index (χ0n) is 21.6. The van der Waals surface area contributed by atoms with Crippen LogP contribution in [0.3, 0.4) is 0 Å². The molecule has 0 aliphatic heterocycles. The van der Waals surface area contributed by atoms with E-state index in [2.05, 4.69) is 21.9 Å². The first-order chi connectivity index (χ1) is 17.9. The predicted molar refractivity (Wildman–Crippen MR) is 145 cm³/mol. The highest BCUT2D eigenvalue weighted by Gasteiger charge is 2.26. The van der Waals surface area contributed by atoms with Crippen LogP contribution < -0.4 is 10.0 Å². The lowest BCUT2D eigenvalue weighted by Crippen LogP contribution is -2.36. The molecule has 2 heterocycles. The monoisotopic (exact) mass is 526 g/mol. The molecule has 0 saturated heterocycles. The first-order valence-corrected chi connectivity index (χ1v) is 15.2. The topological polar surface area (TPSA) is 122 Å². The Morgan fingerprint density at radius 1 is 1.03 bits per heavy atom. The third-order valence-corrected chi connectivity index (χ3v) is 9.18. The van der Waals surface area contributed by atoms with Gasteiger partial charge in [0.25, 0.3) is 0 Å². The van der Waals surface area contributed by atoms with Crippen LogP contribution in [0.1, 0.15) is 83.6 Å². The number of anilines is 1. The molecule has 1 aromatic carbocycles. The Morgan fingerprint density at radius 2 is 1.76 bits per heavy atom. The second kappa shape index (κ2) is 11.4. The fourth-order valence-electron chi connectivity index (χ4n) is 5.46. The van der Waals surface area contributed by atoms with E-state index in [1.54, 1.807) is 12.1 Å². The van der Waals surface area contributed by atoms with Gasteiger partial charge in [0.15, 0.2) is 5.65 Å². The van der Waals surface area contributed by atoms with E-state index in [1.165, 1.54) is 6.42 Å². The molecule has 0 radical (unpaired) electrons. The van der Waals surface area contributed by atoms with Gasteiger partial charge in [0.1, 0.15) is 5.69 Å². The third kappa shape index (κ3) is 5.97. The summed E-state index contributed by atoms with van der Waals surface area (Å²) < 4.78 is 30.8. The van der Waals surface area contributed by atoms with E-state index < -0.39 is 10.0 Å². The average molecular weight is 527 g/mol. The number of hydrogen-bond acceptors (Lipinski definition) is 7. The minimum Gasteiger partial charge on any atom is -0.393 e. The molecular formula is C27H38N6O3S. The molecule has 10 heteroatoms. The van der Waals surface area contributed by atoms with Gasteiger partial charge in [-0.3, -0.25) is 0 Å². The summed E-state index contributed by atoms with van der Waals surface area (Å²) in [5.41, 5.74) is 2.33. The first-order valence-electron chi connectivity index (χ1n) is 13.7. The summed E-state index contributed by atoms with van der Waals surface area (Å²) in [5, 5.41) is 19.1. The van der Waals surface area contributed by atoms with Crippen LogP contribution in [0.25, 0.3) is 22.3 Å². The second-order valence-electron chi connectivity index (χ2n) is 10.4. The maximum Gasteiger partial charge on any atom is 0.240 e. The lowest BCUT2D eigenvalue weighted by atomic mass is 9.93. The number of benzene rings is 1. The molecule has 3 aromatic rings. The summed E-state index contributed by atoms with van der Waals surface area (Å²) in [6, 6.07) is 7.12. The first kappa shape index (κ1) is 26.1. The van der Waals surface area contributed by atoms with Gasteiger partial charge >= 0.3 is 0 Å². The Morgan fingerprint density at radius 3 is 2.46 bits per heavy atom. The van der Waals surface area contributed by atoms with Crippen molar-refractivity contribution in [3.63, 3.8) is 0 Å². The van der Waals surface area contributed by atoms with Gasteiger partial charge in [0.05, 0.1) is 22.4 Å². The normalized spacial score (nSPS) is 21.4. The number of aliphatic hydroxyl groups is 1. The fourth-order valence-corrected chi connectivity index (χ4v) is 6.76. The molecule has 9 nitrogen and oxygen atoms in total.